The third-order valence-corrected chi connectivity index (χ3v) is 0.918. The van der Waals surface area contributed by atoms with Gasteiger partial charge in [0.15, 0.2) is 0 Å². The molecule has 0 heterocycles. The van der Waals surface area contributed by atoms with Crippen molar-refractivity contribution in [3.8, 4) is 0 Å². The van der Waals surface area contributed by atoms with Gasteiger partial charge in [-0.1, -0.05) is 13.3 Å². The second-order valence-electron chi connectivity index (χ2n) is 1.67. The van der Waals surface area contributed by atoms with Crippen LogP contribution in [0.1, 0.15) is 26.2 Å². The first-order valence-corrected chi connectivity index (χ1v) is 2.80. The zero-order valence-corrected chi connectivity index (χ0v) is 5.81. The molecule has 0 radical (unpaired) electrons. The van der Waals surface area contributed by atoms with Crippen LogP contribution in [-0.4, -0.2) is 5.91 Å². The van der Waals surface area contributed by atoms with E-state index in [-0.39, 0.29) is 12.1 Å². The third-order valence-electron chi connectivity index (χ3n) is 0.918. The first-order chi connectivity index (χ1) is 3.81. The van der Waals surface area contributed by atoms with Crippen LogP contribution in [0.2, 0.25) is 0 Å². The van der Waals surface area contributed by atoms with Crippen molar-refractivity contribution >= 4 is 5.91 Å². The SMILES string of the molecule is CCCCC(=O)NN.N. The van der Waals surface area contributed by atoms with Crippen LogP contribution in [0.15, 0.2) is 0 Å². The van der Waals surface area contributed by atoms with Crippen molar-refractivity contribution in [3.05, 3.63) is 0 Å². The van der Waals surface area contributed by atoms with E-state index in [9.17, 15) is 4.79 Å². The van der Waals surface area contributed by atoms with Crippen molar-refractivity contribution < 1.29 is 4.79 Å². The van der Waals surface area contributed by atoms with Gasteiger partial charge in [-0.15, -0.1) is 0 Å². The van der Waals surface area contributed by atoms with E-state index >= 15 is 0 Å². The molecule has 0 aromatic carbocycles. The number of amides is 1. The summed E-state index contributed by atoms with van der Waals surface area (Å²) in [6, 6.07) is 0. The fourth-order valence-electron chi connectivity index (χ4n) is 0.410. The molecule has 56 valence electrons. The molecule has 0 aliphatic carbocycles. The van der Waals surface area contributed by atoms with Gasteiger partial charge in [0, 0.05) is 6.42 Å². The summed E-state index contributed by atoms with van der Waals surface area (Å²) in [6.45, 7) is 2.03. The molecule has 0 aromatic heterocycles. The summed E-state index contributed by atoms with van der Waals surface area (Å²) in [5.41, 5.74) is 2.06. The van der Waals surface area contributed by atoms with Crippen LogP contribution in [0.5, 0.6) is 0 Å². The quantitative estimate of drug-likeness (QED) is 0.294. The second-order valence-corrected chi connectivity index (χ2v) is 1.67. The van der Waals surface area contributed by atoms with E-state index in [1.54, 1.807) is 0 Å². The summed E-state index contributed by atoms with van der Waals surface area (Å²) in [5, 5.41) is 0. The minimum Gasteiger partial charge on any atom is -0.344 e. The van der Waals surface area contributed by atoms with Crippen LogP contribution >= 0.6 is 0 Å². The lowest BCUT2D eigenvalue weighted by Gasteiger charge is -1.93. The number of hydrazine groups is 1. The van der Waals surface area contributed by atoms with E-state index in [2.05, 4.69) is 5.43 Å². The number of hydrogen-bond donors (Lipinski definition) is 3. The first-order valence-electron chi connectivity index (χ1n) is 2.80. The molecule has 0 saturated heterocycles. The topological polar surface area (TPSA) is 90.1 Å². The lowest BCUT2D eigenvalue weighted by atomic mass is 10.2. The van der Waals surface area contributed by atoms with E-state index in [4.69, 9.17) is 5.84 Å². The van der Waals surface area contributed by atoms with E-state index < -0.39 is 0 Å². The Morgan fingerprint density at radius 3 is 2.56 bits per heavy atom. The Bertz CT molecular complexity index is 74.6. The van der Waals surface area contributed by atoms with Gasteiger partial charge in [0.05, 0.1) is 0 Å². The zero-order valence-electron chi connectivity index (χ0n) is 5.81. The molecule has 0 unspecified atom stereocenters. The molecule has 9 heavy (non-hydrogen) atoms. The lowest BCUT2D eigenvalue weighted by Crippen LogP contribution is -2.29. The molecular weight excluding hydrogens is 118 g/mol. The van der Waals surface area contributed by atoms with Gasteiger partial charge >= 0.3 is 0 Å². The summed E-state index contributed by atoms with van der Waals surface area (Å²) in [4.78, 5) is 10.3. The van der Waals surface area contributed by atoms with Crippen LogP contribution < -0.4 is 17.4 Å². The fourth-order valence-corrected chi connectivity index (χ4v) is 0.410. The third kappa shape index (κ3) is 7.39. The van der Waals surface area contributed by atoms with Crippen molar-refractivity contribution in [1.29, 1.82) is 0 Å². The van der Waals surface area contributed by atoms with Crippen molar-refractivity contribution in [2.45, 2.75) is 26.2 Å². The molecule has 4 heteroatoms. The highest BCUT2D eigenvalue weighted by atomic mass is 16.2. The van der Waals surface area contributed by atoms with Gasteiger partial charge in [0.2, 0.25) is 5.91 Å². The summed E-state index contributed by atoms with van der Waals surface area (Å²) in [5.74, 6) is 4.74. The van der Waals surface area contributed by atoms with Crippen LogP contribution in [0.4, 0.5) is 0 Å². The van der Waals surface area contributed by atoms with Crippen LogP contribution in [0.25, 0.3) is 0 Å². The van der Waals surface area contributed by atoms with Crippen LogP contribution in [0.3, 0.4) is 0 Å². The minimum atomic E-state index is -0.0770. The monoisotopic (exact) mass is 133 g/mol. The Labute approximate surface area is 55.4 Å². The second kappa shape index (κ2) is 7.39. The Kier molecular flexibility index (Phi) is 9.21. The summed E-state index contributed by atoms with van der Waals surface area (Å²) >= 11 is 0. The van der Waals surface area contributed by atoms with Gasteiger partial charge in [-0.05, 0) is 6.42 Å². The highest BCUT2D eigenvalue weighted by molar-refractivity contribution is 5.74. The number of nitrogens with one attached hydrogen (secondary N) is 1. The number of hydrogen-bond acceptors (Lipinski definition) is 3. The van der Waals surface area contributed by atoms with E-state index in [0.29, 0.717) is 6.42 Å². The maximum absolute atomic E-state index is 10.3. The minimum absolute atomic E-state index is 0. The molecule has 1 amide bonds. The van der Waals surface area contributed by atoms with Gasteiger partial charge in [-0.3, -0.25) is 10.2 Å². The predicted octanol–water partition coefficient (Wildman–Crippen LogP) is 0.329. The Balaban J connectivity index is 0. The molecule has 0 aliphatic heterocycles. The standard InChI is InChI=1S/C5H12N2O.H3N/c1-2-3-4-5(8)7-6;/h2-4,6H2,1H3,(H,7,8);1H3. The highest BCUT2D eigenvalue weighted by Gasteiger charge is 1.93. The van der Waals surface area contributed by atoms with E-state index in [1.807, 2.05) is 6.92 Å². The lowest BCUT2D eigenvalue weighted by molar-refractivity contribution is -0.121. The summed E-state index contributed by atoms with van der Waals surface area (Å²) in [6.07, 6.45) is 2.50. The number of carbonyl (C=O) groups is 1. The maximum atomic E-state index is 10.3. The number of unbranched alkanes of at least 4 members (excludes halogenated alkanes) is 1. The van der Waals surface area contributed by atoms with Gasteiger partial charge in [-0.25, -0.2) is 5.84 Å². The molecule has 6 N–H and O–H groups in total. The predicted molar refractivity (Wildman–Crippen MR) is 36.9 cm³/mol. The summed E-state index contributed by atoms with van der Waals surface area (Å²) in [7, 11) is 0. The van der Waals surface area contributed by atoms with Gasteiger partial charge in [-0.2, -0.15) is 0 Å². The van der Waals surface area contributed by atoms with Gasteiger partial charge in [0.1, 0.15) is 0 Å². The van der Waals surface area contributed by atoms with E-state index in [0.717, 1.165) is 12.8 Å². The molecule has 0 fully saturated rings. The highest BCUT2D eigenvalue weighted by Crippen LogP contribution is 1.91. The average molecular weight is 133 g/mol. The van der Waals surface area contributed by atoms with Crippen molar-refractivity contribution in [2.24, 2.45) is 5.84 Å². The fraction of sp³-hybridized carbons (Fsp3) is 0.800. The molecule has 0 saturated carbocycles. The molecule has 0 rings (SSSR count). The summed E-state index contributed by atoms with van der Waals surface area (Å²) < 4.78 is 0. The Morgan fingerprint density at radius 2 is 2.22 bits per heavy atom. The number of rotatable bonds is 3. The first kappa shape index (κ1) is 11.2. The van der Waals surface area contributed by atoms with Crippen LogP contribution in [0, 0.1) is 0 Å². The molecule has 0 aliphatic rings. The molecular formula is C5H15N3O. The van der Waals surface area contributed by atoms with E-state index in [1.165, 1.54) is 0 Å². The molecule has 0 aromatic rings. The Hall–Kier alpha value is -0.610. The van der Waals surface area contributed by atoms with Crippen molar-refractivity contribution in [2.75, 3.05) is 0 Å². The zero-order chi connectivity index (χ0) is 6.41. The normalized spacial score (nSPS) is 7.78. The molecule has 4 nitrogen and oxygen atoms in total. The average Bonchev–Trinajstić information content (AvgIpc) is 1.83. The molecule has 0 atom stereocenters. The number of nitrogens with two attached hydrogens (primary N) is 1. The Morgan fingerprint density at radius 1 is 1.67 bits per heavy atom. The van der Waals surface area contributed by atoms with Gasteiger partial charge in [0.25, 0.3) is 0 Å². The maximum Gasteiger partial charge on any atom is 0.233 e. The van der Waals surface area contributed by atoms with Crippen molar-refractivity contribution in [1.82, 2.24) is 11.6 Å². The van der Waals surface area contributed by atoms with Crippen LogP contribution in [-0.2, 0) is 4.79 Å². The number of carbonyl (C=O) groups excluding carboxylic acids is 1. The molecule has 0 spiro atoms. The van der Waals surface area contributed by atoms with Gasteiger partial charge < -0.3 is 6.15 Å². The van der Waals surface area contributed by atoms with Crippen molar-refractivity contribution in [3.63, 3.8) is 0 Å². The smallest absolute Gasteiger partial charge is 0.233 e. The molecule has 0 bridgehead atoms. The largest absolute Gasteiger partial charge is 0.344 e.